The van der Waals surface area contributed by atoms with Crippen LogP contribution in [0.4, 0.5) is 0 Å². The van der Waals surface area contributed by atoms with Gasteiger partial charge in [0.05, 0.1) is 0 Å². The van der Waals surface area contributed by atoms with Crippen LogP contribution in [0.15, 0.2) is 15.7 Å². The SMILES string of the molecule is CC1(C)CCN(S(=O)(=O)c2cc(CCl)cs2)CC1. The molecule has 1 saturated heterocycles. The zero-order chi connectivity index (χ0) is 13.4. The van der Waals surface area contributed by atoms with Gasteiger partial charge in [0.15, 0.2) is 0 Å². The second-order valence-corrected chi connectivity index (χ2v) is 8.82. The molecule has 2 rings (SSSR count). The summed E-state index contributed by atoms with van der Waals surface area (Å²) in [6.07, 6.45) is 1.83. The van der Waals surface area contributed by atoms with Crippen LogP contribution in [0, 0.1) is 5.41 Å². The van der Waals surface area contributed by atoms with Crippen LogP contribution < -0.4 is 0 Å². The molecule has 18 heavy (non-hydrogen) atoms. The van der Waals surface area contributed by atoms with E-state index >= 15 is 0 Å². The first-order chi connectivity index (χ1) is 8.35. The van der Waals surface area contributed by atoms with Gasteiger partial charge in [0.2, 0.25) is 0 Å². The van der Waals surface area contributed by atoms with E-state index in [0.717, 1.165) is 18.4 Å². The van der Waals surface area contributed by atoms with Gasteiger partial charge in [-0.2, -0.15) is 4.31 Å². The van der Waals surface area contributed by atoms with E-state index in [2.05, 4.69) is 13.8 Å². The first kappa shape index (κ1) is 14.3. The summed E-state index contributed by atoms with van der Waals surface area (Å²) >= 11 is 6.97. The van der Waals surface area contributed by atoms with Crippen molar-refractivity contribution >= 4 is 33.0 Å². The Morgan fingerprint density at radius 3 is 2.50 bits per heavy atom. The minimum atomic E-state index is -3.31. The monoisotopic (exact) mass is 307 g/mol. The van der Waals surface area contributed by atoms with Crippen LogP contribution in [0.1, 0.15) is 32.3 Å². The lowest BCUT2D eigenvalue weighted by molar-refractivity contribution is 0.196. The zero-order valence-corrected chi connectivity index (χ0v) is 13.0. The van der Waals surface area contributed by atoms with E-state index < -0.39 is 10.0 Å². The standard InChI is InChI=1S/C12H18ClNO2S2/c1-12(2)3-5-14(6-4-12)18(15,16)11-7-10(8-13)9-17-11/h7,9H,3-6,8H2,1-2H3. The van der Waals surface area contributed by atoms with Gasteiger partial charge in [-0.3, -0.25) is 0 Å². The van der Waals surface area contributed by atoms with Crippen molar-refractivity contribution in [1.82, 2.24) is 4.31 Å². The highest BCUT2D eigenvalue weighted by molar-refractivity contribution is 7.91. The van der Waals surface area contributed by atoms with Gasteiger partial charge in [0.1, 0.15) is 4.21 Å². The van der Waals surface area contributed by atoms with Crippen molar-refractivity contribution in [2.24, 2.45) is 5.41 Å². The van der Waals surface area contributed by atoms with Gasteiger partial charge in [-0.15, -0.1) is 22.9 Å². The van der Waals surface area contributed by atoms with Crippen LogP contribution in [0.25, 0.3) is 0 Å². The lowest BCUT2D eigenvalue weighted by Gasteiger charge is -2.35. The van der Waals surface area contributed by atoms with Crippen LogP contribution in [0.2, 0.25) is 0 Å². The Kier molecular flexibility index (Phi) is 4.07. The highest BCUT2D eigenvalue weighted by Gasteiger charge is 2.33. The predicted molar refractivity (Wildman–Crippen MR) is 75.6 cm³/mol. The van der Waals surface area contributed by atoms with Crippen molar-refractivity contribution in [3.05, 3.63) is 17.0 Å². The number of thiophene rings is 1. The Hall–Kier alpha value is -0.100. The Balaban J connectivity index is 2.17. The smallest absolute Gasteiger partial charge is 0.206 e. The number of hydrogen-bond acceptors (Lipinski definition) is 3. The minimum Gasteiger partial charge on any atom is -0.206 e. The van der Waals surface area contributed by atoms with Crippen LogP contribution in [0.5, 0.6) is 0 Å². The Bertz CT molecular complexity index is 512. The number of alkyl halides is 1. The van der Waals surface area contributed by atoms with Gasteiger partial charge in [-0.1, -0.05) is 13.8 Å². The first-order valence-electron chi connectivity index (χ1n) is 5.99. The average Bonchev–Trinajstić information content (AvgIpc) is 2.77. The maximum Gasteiger partial charge on any atom is 0.252 e. The van der Waals surface area contributed by atoms with E-state index in [1.807, 2.05) is 5.38 Å². The quantitative estimate of drug-likeness (QED) is 0.804. The molecule has 0 bridgehead atoms. The van der Waals surface area contributed by atoms with Crippen LogP contribution >= 0.6 is 22.9 Å². The number of halogens is 1. The van der Waals surface area contributed by atoms with Crippen LogP contribution in [-0.2, 0) is 15.9 Å². The summed E-state index contributed by atoms with van der Waals surface area (Å²) in [7, 11) is -3.31. The summed E-state index contributed by atoms with van der Waals surface area (Å²) in [5.74, 6) is 0.360. The topological polar surface area (TPSA) is 37.4 Å². The van der Waals surface area contributed by atoms with Crippen molar-refractivity contribution in [2.45, 2.75) is 36.8 Å². The molecule has 3 nitrogen and oxygen atoms in total. The minimum absolute atomic E-state index is 0.253. The number of hydrogen-bond donors (Lipinski definition) is 0. The van der Waals surface area contributed by atoms with E-state index in [1.165, 1.54) is 11.3 Å². The van der Waals surface area contributed by atoms with Crippen molar-refractivity contribution in [1.29, 1.82) is 0 Å². The molecule has 0 N–H and O–H groups in total. The molecular weight excluding hydrogens is 290 g/mol. The molecule has 0 radical (unpaired) electrons. The van der Waals surface area contributed by atoms with Crippen LogP contribution in [-0.4, -0.2) is 25.8 Å². The summed E-state index contributed by atoms with van der Waals surface area (Å²) in [5.41, 5.74) is 1.13. The second-order valence-electron chi connectivity index (χ2n) is 5.48. The van der Waals surface area contributed by atoms with E-state index in [4.69, 9.17) is 11.6 Å². The number of piperidine rings is 1. The van der Waals surface area contributed by atoms with Gasteiger partial charge in [-0.25, -0.2) is 8.42 Å². The van der Waals surface area contributed by atoms with Crippen molar-refractivity contribution in [3.8, 4) is 0 Å². The lowest BCUT2D eigenvalue weighted by atomic mass is 9.83. The fraction of sp³-hybridized carbons (Fsp3) is 0.667. The molecule has 1 fully saturated rings. The third kappa shape index (κ3) is 2.90. The van der Waals surface area contributed by atoms with Gasteiger partial charge >= 0.3 is 0 Å². The molecule has 0 unspecified atom stereocenters. The summed E-state index contributed by atoms with van der Waals surface area (Å²) < 4.78 is 26.9. The Labute approximate surface area is 118 Å². The third-order valence-electron chi connectivity index (χ3n) is 3.45. The van der Waals surface area contributed by atoms with Crippen LogP contribution in [0.3, 0.4) is 0 Å². The molecule has 0 saturated carbocycles. The molecule has 6 heteroatoms. The maximum absolute atomic E-state index is 12.4. The molecule has 0 aromatic carbocycles. The van der Waals surface area contributed by atoms with Gasteiger partial charge in [0.25, 0.3) is 10.0 Å². The van der Waals surface area contributed by atoms with E-state index in [9.17, 15) is 8.42 Å². The molecule has 0 amide bonds. The Morgan fingerprint density at radius 1 is 1.39 bits per heavy atom. The summed E-state index contributed by atoms with van der Waals surface area (Å²) in [6.45, 7) is 5.61. The molecule has 0 spiro atoms. The van der Waals surface area contributed by atoms with Crippen molar-refractivity contribution in [2.75, 3.05) is 13.1 Å². The van der Waals surface area contributed by atoms with Crippen molar-refractivity contribution in [3.63, 3.8) is 0 Å². The maximum atomic E-state index is 12.4. The van der Waals surface area contributed by atoms with E-state index in [0.29, 0.717) is 23.2 Å². The predicted octanol–water partition coefficient (Wildman–Crippen LogP) is 3.30. The van der Waals surface area contributed by atoms with E-state index in [1.54, 1.807) is 10.4 Å². The molecule has 0 aliphatic carbocycles. The second kappa shape index (κ2) is 5.12. The van der Waals surface area contributed by atoms with Gasteiger partial charge in [0, 0.05) is 19.0 Å². The summed E-state index contributed by atoms with van der Waals surface area (Å²) in [6, 6.07) is 1.69. The average molecular weight is 308 g/mol. The molecular formula is C12H18ClNO2S2. The van der Waals surface area contributed by atoms with E-state index in [-0.39, 0.29) is 5.41 Å². The summed E-state index contributed by atoms with van der Waals surface area (Å²) in [4.78, 5) is 0. The molecule has 1 aromatic rings. The van der Waals surface area contributed by atoms with Gasteiger partial charge < -0.3 is 0 Å². The Morgan fingerprint density at radius 2 is 2.00 bits per heavy atom. The highest BCUT2D eigenvalue weighted by Crippen LogP contribution is 2.33. The first-order valence-corrected chi connectivity index (χ1v) is 8.84. The molecule has 0 atom stereocenters. The zero-order valence-electron chi connectivity index (χ0n) is 10.6. The molecule has 2 heterocycles. The number of rotatable bonds is 3. The third-order valence-corrected chi connectivity index (χ3v) is 7.13. The molecule has 102 valence electrons. The van der Waals surface area contributed by atoms with Crippen molar-refractivity contribution < 1.29 is 8.42 Å². The number of nitrogens with zero attached hydrogens (tertiary/aromatic N) is 1. The number of sulfonamides is 1. The normalized spacial score (nSPS) is 21.1. The highest BCUT2D eigenvalue weighted by atomic mass is 35.5. The van der Waals surface area contributed by atoms with Gasteiger partial charge in [-0.05, 0) is 35.3 Å². The molecule has 1 aliphatic rings. The fourth-order valence-electron chi connectivity index (χ4n) is 2.02. The molecule has 1 aromatic heterocycles. The molecule has 1 aliphatic heterocycles. The largest absolute Gasteiger partial charge is 0.252 e. The fourth-order valence-corrected chi connectivity index (χ4v) is 5.07. The summed E-state index contributed by atoms with van der Waals surface area (Å²) in [5, 5.41) is 1.81. The lowest BCUT2D eigenvalue weighted by Crippen LogP contribution is -2.40.